The molecule has 1 saturated carbocycles. The molecule has 5 heteroatoms. The fourth-order valence-corrected chi connectivity index (χ4v) is 3.33. The van der Waals surface area contributed by atoms with Crippen LogP contribution in [0.2, 0.25) is 0 Å². The molecular weight excluding hydrogens is 268 g/mol. The summed E-state index contributed by atoms with van der Waals surface area (Å²) in [5, 5.41) is 8.86. The van der Waals surface area contributed by atoms with Crippen molar-refractivity contribution >= 4 is 11.9 Å². The Morgan fingerprint density at radius 1 is 1.33 bits per heavy atom. The van der Waals surface area contributed by atoms with E-state index in [-0.39, 0.29) is 48.2 Å². The fraction of sp³-hybridized carbons (Fsp3) is 0.875. The number of amides is 1. The van der Waals surface area contributed by atoms with Gasteiger partial charge in [0.1, 0.15) is 0 Å². The maximum atomic E-state index is 12.9. The summed E-state index contributed by atoms with van der Waals surface area (Å²) in [6.07, 6.45) is 1.63. The van der Waals surface area contributed by atoms with Crippen molar-refractivity contribution in [2.45, 2.75) is 66.0 Å². The van der Waals surface area contributed by atoms with Crippen molar-refractivity contribution in [1.82, 2.24) is 4.90 Å². The normalized spacial score (nSPS) is 28.4. The highest BCUT2D eigenvalue weighted by Crippen LogP contribution is 2.45. The first kappa shape index (κ1) is 18.0. The smallest absolute Gasteiger partial charge is 0.305 e. The third-order valence-electron chi connectivity index (χ3n) is 5.27. The lowest BCUT2D eigenvalue weighted by Crippen LogP contribution is -2.53. The second-order valence-corrected chi connectivity index (χ2v) is 7.17. The van der Waals surface area contributed by atoms with Crippen molar-refractivity contribution < 1.29 is 14.7 Å². The molecule has 0 aromatic rings. The van der Waals surface area contributed by atoms with Crippen molar-refractivity contribution in [2.75, 3.05) is 6.54 Å². The maximum Gasteiger partial charge on any atom is 0.305 e. The van der Waals surface area contributed by atoms with E-state index in [1.54, 1.807) is 4.90 Å². The summed E-state index contributed by atoms with van der Waals surface area (Å²) < 4.78 is 0. The van der Waals surface area contributed by atoms with Gasteiger partial charge >= 0.3 is 5.97 Å². The van der Waals surface area contributed by atoms with Crippen LogP contribution in [0.4, 0.5) is 0 Å². The molecule has 21 heavy (non-hydrogen) atoms. The van der Waals surface area contributed by atoms with Gasteiger partial charge in [-0.25, -0.2) is 0 Å². The first-order valence-corrected chi connectivity index (χ1v) is 7.86. The Morgan fingerprint density at radius 2 is 1.90 bits per heavy atom. The summed E-state index contributed by atoms with van der Waals surface area (Å²) in [6.45, 7) is 10.5. The fourth-order valence-electron chi connectivity index (χ4n) is 3.33. The minimum atomic E-state index is -0.869. The van der Waals surface area contributed by atoms with Gasteiger partial charge in [0, 0.05) is 24.5 Å². The summed E-state index contributed by atoms with van der Waals surface area (Å²) >= 11 is 0. The van der Waals surface area contributed by atoms with Gasteiger partial charge in [0.15, 0.2) is 0 Å². The number of carbonyl (C=O) groups excluding carboxylic acids is 1. The molecule has 0 saturated heterocycles. The third kappa shape index (κ3) is 3.96. The zero-order valence-electron chi connectivity index (χ0n) is 13.9. The number of hydrogen-bond acceptors (Lipinski definition) is 3. The predicted molar refractivity (Wildman–Crippen MR) is 82.7 cm³/mol. The summed E-state index contributed by atoms with van der Waals surface area (Å²) in [4.78, 5) is 25.4. The standard InChI is InChI=1S/C16H30N2O3/c1-10(2)18(9-8-14(19)20)15(21)12-6-7-13(17)11(3)16(12,4)5/h10-13H,6-9,17H2,1-5H3,(H,19,20). The van der Waals surface area contributed by atoms with Crippen molar-refractivity contribution in [3.8, 4) is 0 Å². The maximum absolute atomic E-state index is 12.9. The Bertz CT molecular complexity index is 393. The topological polar surface area (TPSA) is 83.6 Å². The Kier molecular flexibility index (Phi) is 5.79. The van der Waals surface area contributed by atoms with E-state index in [9.17, 15) is 9.59 Å². The Hall–Kier alpha value is -1.10. The number of nitrogens with zero attached hydrogens (tertiary/aromatic N) is 1. The van der Waals surface area contributed by atoms with Crippen LogP contribution >= 0.6 is 0 Å². The van der Waals surface area contributed by atoms with Gasteiger partial charge < -0.3 is 15.7 Å². The second-order valence-electron chi connectivity index (χ2n) is 7.17. The lowest BCUT2D eigenvalue weighted by atomic mass is 9.60. The van der Waals surface area contributed by atoms with Crippen LogP contribution in [0.15, 0.2) is 0 Å². The van der Waals surface area contributed by atoms with E-state index in [0.29, 0.717) is 0 Å². The van der Waals surface area contributed by atoms with Crippen LogP contribution in [0.25, 0.3) is 0 Å². The number of carboxylic acids is 1. The van der Waals surface area contributed by atoms with E-state index in [2.05, 4.69) is 20.8 Å². The highest BCUT2D eigenvalue weighted by molar-refractivity contribution is 5.80. The molecule has 0 spiro atoms. The molecule has 1 rings (SSSR count). The molecule has 0 radical (unpaired) electrons. The second kappa shape index (κ2) is 6.77. The van der Waals surface area contributed by atoms with Crippen LogP contribution in [0.3, 0.4) is 0 Å². The van der Waals surface area contributed by atoms with E-state index < -0.39 is 5.97 Å². The molecule has 0 aromatic carbocycles. The average molecular weight is 298 g/mol. The van der Waals surface area contributed by atoms with E-state index in [0.717, 1.165) is 12.8 Å². The molecule has 0 aliphatic heterocycles. The Balaban J connectivity index is 2.90. The van der Waals surface area contributed by atoms with Gasteiger partial charge in [0.25, 0.3) is 0 Å². The van der Waals surface area contributed by atoms with Crippen molar-refractivity contribution in [3.05, 3.63) is 0 Å². The molecule has 0 heterocycles. The van der Waals surface area contributed by atoms with Crippen molar-refractivity contribution in [2.24, 2.45) is 23.0 Å². The molecule has 3 N–H and O–H groups in total. The molecule has 1 amide bonds. The van der Waals surface area contributed by atoms with Crippen molar-refractivity contribution in [3.63, 3.8) is 0 Å². The van der Waals surface area contributed by atoms with E-state index >= 15 is 0 Å². The minimum absolute atomic E-state index is 0.00780. The zero-order valence-corrected chi connectivity index (χ0v) is 13.9. The van der Waals surface area contributed by atoms with Gasteiger partial charge in [-0.2, -0.15) is 0 Å². The summed E-state index contributed by atoms with van der Waals surface area (Å²) in [6, 6.07) is 0.147. The highest BCUT2D eigenvalue weighted by atomic mass is 16.4. The molecule has 3 atom stereocenters. The van der Waals surface area contributed by atoms with Gasteiger partial charge in [0.2, 0.25) is 5.91 Å². The summed E-state index contributed by atoms with van der Waals surface area (Å²) in [7, 11) is 0. The van der Waals surface area contributed by atoms with Crippen LogP contribution in [0.1, 0.15) is 53.9 Å². The van der Waals surface area contributed by atoms with E-state index in [4.69, 9.17) is 10.8 Å². The molecule has 0 aromatic heterocycles. The van der Waals surface area contributed by atoms with Gasteiger partial charge in [-0.05, 0) is 38.0 Å². The number of nitrogens with two attached hydrogens (primary N) is 1. The zero-order chi connectivity index (χ0) is 16.4. The molecule has 1 aliphatic carbocycles. The highest BCUT2D eigenvalue weighted by Gasteiger charge is 2.46. The van der Waals surface area contributed by atoms with Gasteiger partial charge in [-0.1, -0.05) is 20.8 Å². The monoisotopic (exact) mass is 298 g/mol. The van der Waals surface area contributed by atoms with Crippen molar-refractivity contribution in [1.29, 1.82) is 0 Å². The van der Waals surface area contributed by atoms with Gasteiger partial charge in [-0.15, -0.1) is 0 Å². The largest absolute Gasteiger partial charge is 0.481 e. The lowest BCUT2D eigenvalue weighted by molar-refractivity contribution is -0.146. The molecular formula is C16H30N2O3. The number of carbonyl (C=O) groups is 2. The van der Waals surface area contributed by atoms with E-state index in [1.807, 2.05) is 13.8 Å². The quantitative estimate of drug-likeness (QED) is 0.814. The first-order chi connectivity index (χ1) is 9.59. The number of carboxylic acid groups (broad SMARTS) is 1. The number of hydrogen-bond donors (Lipinski definition) is 2. The SMILES string of the molecule is CC(C)N(CCC(=O)O)C(=O)C1CCC(N)C(C)C1(C)C. The average Bonchev–Trinajstić information content (AvgIpc) is 2.35. The molecule has 122 valence electrons. The number of aliphatic carboxylic acids is 1. The summed E-state index contributed by atoms with van der Waals surface area (Å²) in [5.74, 6) is -0.598. The molecule has 5 nitrogen and oxygen atoms in total. The van der Waals surface area contributed by atoms with Gasteiger partial charge in [0.05, 0.1) is 6.42 Å². The molecule has 0 bridgehead atoms. The summed E-state index contributed by atoms with van der Waals surface area (Å²) in [5.41, 5.74) is 5.99. The molecule has 3 unspecified atom stereocenters. The number of rotatable bonds is 5. The van der Waals surface area contributed by atoms with Crippen LogP contribution in [0.5, 0.6) is 0 Å². The van der Waals surface area contributed by atoms with Crippen LogP contribution in [-0.4, -0.2) is 40.5 Å². The third-order valence-corrected chi connectivity index (χ3v) is 5.27. The van der Waals surface area contributed by atoms with Crippen LogP contribution in [0, 0.1) is 17.3 Å². The van der Waals surface area contributed by atoms with Crippen LogP contribution in [-0.2, 0) is 9.59 Å². The molecule has 1 fully saturated rings. The van der Waals surface area contributed by atoms with Gasteiger partial charge in [-0.3, -0.25) is 9.59 Å². The lowest BCUT2D eigenvalue weighted by Gasteiger charge is -2.47. The minimum Gasteiger partial charge on any atom is -0.481 e. The Morgan fingerprint density at radius 3 is 2.38 bits per heavy atom. The first-order valence-electron chi connectivity index (χ1n) is 7.86. The van der Waals surface area contributed by atoms with Crippen LogP contribution < -0.4 is 5.73 Å². The molecule has 1 aliphatic rings. The Labute approximate surface area is 127 Å². The van der Waals surface area contributed by atoms with E-state index in [1.165, 1.54) is 0 Å². The predicted octanol–water partition coefficient (Wildman–Crippen LogP) is 2.10.